The summed E-state index contributed by atoms with van der Waals surface area (Å²) in [5.41, 5.74) is 6.36. The summed E-state index contributed by atoms with van der Waals surface area (Å²) < 4.78 is 7.00. The normalized spacial score (nSPS) is 19.5. The number of hydrogen-bond acceptors (Lipinski definition) is 4. The second kappa shape index (κ2) is 5.18. The zero-order valence-electron chi connectivity index (χ0n) is 9.98. The highest BCUT2D eigenvalue weighted by molar-refractivity contribution is 5.96. The van der Waals surface area contributed by atoms with E-state index < -0.39 is 0 Å². The second-order valence-electron chi connectivity index (χ2n) is 4.29. The van der Waals surface area contributed by atoms with Gasteiger partial charge in [-0.05, 0) is 19.3 Å². The summed E-state index contributed by atoms with van der Waals surface area (Å²) in [4.78, 5) is 11.7. The van der Waals surface area contributed by atoms with Gasteiger partial charge in [-0.25, -0.2) is 0 Å². The first-order valence-electron chi connectivity index (χ1n) is 5.85. The zero-order valence-corrected chi connectivity index (χ0v) is 9.98. The topological polar surface area (TPSA) is 82.2 Å². The number of rotatable bonds is 4. The molecule has 1 aliphatic rings. The van der Waals surface area contributed by atoms with Crippen LogP contribution < -0.4 is 11.1 Å². The van der Waals surface area contributed by atoms with E-state index >= 15 is 0 Å². The average Bonchev–Trinajstić information content (AvgIpc) is 2.88. The molecular weight excluding hydrogens is 220 g/mol. The minimum Gasteiger partial charge on any atom is -0.396 e. The number of anilines is 1. The summed E-state index contributed by atoms with van der Waals surface area (Å²) >= 11 is 0. The third kappa shape index (κ3) is 2.97. The molecule has 1 aromatic heterocycles. The van der Waals surface area contributed by atoms with Crippen LogP contribution in [0.2, 0.25) is 0 Å². The number of carbonyl (C=O) groups is 1. The van der Waals surface area contributed by atoms with E-state index in [0.717, 1.165) is 25.9 Å². The molecule has 2 rings (SSSR count). The quantitative estimate of drug-likeness (QED) is 0.790. The van der Waals surface area contributed by atoms with Gasteiger partial charge in [0.2, 0.25) is 0 Å². The summed E-state index contributed by atoms with van der Waals surface area (Å²) in [6.07, 6.45) is 4.96. The monoisotopic (exact) mass is 238 g/mol. The van der Waals surface area contributed by atoms with Gasteiger partial charge in [-0.2, -0.15) is 5.10 Å². The van der Waals surface area contributed by atoms with E-state index in [2.05, 4.69) is 10.4 Å². The van der Waals surface area contributed by atoms with Gasteiger partial charge in [-0.15, -0.1) is 0 Å². The van der Waals surface area contributed by atoms with E-state index in [1.165, 1.54) is 4.68 Å². The maximum atomic E-state index is 11.7. The molecule has 2 heterocycles. The Morgan fingerprint density at radius 1 is 1.76 bits per heavy atom. The fourth-order valence-corrected chi connectivity index (χ4v) is 1.99. The number of amides is 1. The highest BCUT2D eigenvalue weighted by Crippen LogP contribution is 2.14. The van der Waals surface area contributed by atoms with E-state index in [9.17, 15) is 4.79 Å². The number of nitrogens with one attached hydrogen (secondary N) is 1. The van der Waals surface area contributed by atoms with Gasteiger partial charge < -0.3 is 15.8 Å². The molecule has 17 heavy (non-hydrogen) atoms. The first kappa shape index (κ1) is 11.9. The molecule has 1 saturated heterocycles. The van der Waals surface area contributed by atoms with Crippen LogP contribution in [0.25, 0.3) is 0 Å². The van der Waals surface area contributed by atoms with Gasteiger partial charge in [0.1, 0.15) is 0 Å². The number of nitrogens with zero attached hydrogens (tertiary/aromatic N) is 2. The van der Waals surface area contributed by atoms with Gasteiger partial charge in [0.05, 0.1) is 11.8 Å². The molecule has 1 fully saturated rings. The molecular formula is C11H18N4O2. The van der Waals surface area contributed by atoms with Crippen molar-refractivity contribution in [3.63, 3.8) is 0 Å². The molecule has 0 radical (unpaired) electrons. The van der Waals surface area contributed by atoms with E-state index in [1.807, 2.05) is 0 Å². The summed E-state index contributed by atoms with van der Waals surface area (Å²) in [6, 6.07) is 0. The molecule has 1 unspecified atom stereocenters. The standard InChI is InChI=1S/C11H18N4O2/c1-15-7-9(12)10(14-15)11(16)13-5-4-8-3-2-6-17-8/h7-8H,2-6,12H2,1H3,(H,13,16). The maximum Gasteiger partial charge on any atom is 0.273 e. The smallest absolute Gasteiger partial charge is 0.273 e. The van der Waals surface area contributed by atoms with Crippen molar-refractivity contribution < 1.29 is 9.53 Å². The summed E-state index contributed by atoms with van der Waals surface area (Å²) in [7, 11) is 1.74. The van der Waals surface area contributed by atoms with Crippen molar-refractivity contribution in [3.8, 4) is 0 Å². The number of carbonyl (C=O) groups excluding carboxylic acids is 1. The van der Waals surface area contributed by atoms with Gasteiger partial charge >= 0.3 is 0 Å². The number of hydrogen-bond donors (Lipinski definition) is 2. The number of nitrogens with two attached hydrogens (primary N) is 1. The summed E-state index contributed by atoms with van der Waals surface area (Å²) in [6.45, 7) is 1.44. The molecule has 0 aromatic carbocycles. The Balaban J connectivity index is 1.78. The molecule has 1 aromatic rings. The first-order valence-corrected chi connectivity index (χ1v) is 5.85. The lowest BCUT2D eigenvalue weighted by Gasteiger charge is -2.09. The molecule has 1 amide bonds. The van der Waals surface area contributed by atoms with Crippen LogP contribution >= 0.6 is 0 Å². The first-order chi connectivity index (χ1) is 8.16. The van der Waals surface area contributed by atoms with Crippen molar-refractivity contribution in [2.24, 2.45) is 7.05 Å². The van der Waals surface area contributed by atoms with Crippen LogP contribution in [0.5, 0.6) is 0 Å². The Hall–Kier alpha value is -1.56. The van der Waals surface area contributed by atoms with Crippen LogP contribution in [0.15, 0.2) is 6.20 Å². The SMILES string of the molecule is Cn1cc(N)c(C(=O)NCCC2CCCO2)n1. The summed E-state index contributed by atoms with van der Waals surface area (Å²) in [5, 5.41) is 6.81. The summed E-state index contributed by atoms with van der Waals surface area (Å²) in [5.74, 6) is -0.221. The lowest BCUT2D eigenvalue weighted by molar-refractivity contribution is 0.0903. The highest BCUT2D eigenvalue weighted by Gasteiger charge is 2.17. The molecule has 1 atom stereocenters. The average molecular weight is 238 g/mol. The Morgan fingerprint density at radius 3 is 3.18 bits per heavy atom. The van der Waals surface area contributed by atoms with E-state index in [1.54, 1.807) is 13.2 Å². The maximum absolute atomic E-state index is 11.7. The van der Waals surface area contributed by atoms with Crippen molar-refractivity contribution in [2.45, 2.75) is 25.4 Å². The lowest BCUT2D eigenvalue weighted by atomic mass is 10.2. The van der Waals surface area contributed by atoms with Crippen LogP contribution in [0, 0.1) is 0 Å². The van der Waals surface area contributed by atoms with Crippen molar-refractivity contribution in [2.75, 3.05) is 18.9 Å². The Labute approximate surface area is 100 Å². The highest BCUT2D eigenvalue weighted by atomic mass is 16.5. The Kier molecular flexibility index (Phi) is 3.63. The minimum absolute atomic E-state index is 0.221. The van der Waals surface area contributed by atoms with Crippen LogP contribution in [0.3, 0.4) is 0 Å². The van der Waals surface area contributed by atoms with Gasteiger partial charge in [0.25, 0.3) is 5.91 Å². The number of aryl methyl sites for hydroxylation is 1. The molecule has 0 saturated carbocycles. The van der Waals surface area contributed by atoms with Gasteiger partial charge in [-0.3, -0.25) is 9.48 Å². The predicted octanol–water partition coefficient (Wildman–Crippen LogP) is 0.301. The third-order valence-corrected chi connectivity index (χ3v) is 2.85. The van der Waals surface area contributed by atoms with Crippen molar-refractivity contribution >= 4 is 11.6 Å². The zero-order chi connectivity index (χ0) is 12.3. The van der Waals surface area contributed by atoms with E-state index in [0.29, 0.717) is 17.9 Å². The van der Waals surface area contributed by atoms with E-state index in [4.69, 9.17) is 10.5 Å². The molecule has 6 heteroatoms. The molecule has 94 valence electrons. The van der Waals surface area contributed by atoms with Crippen LogP contribution in [-0.4, -0.2) is 34.9 Å². The van der Waals surface area contributed by atoms with Gasteiger partial charge in [-0.1, -0.05) is 0 Å². The molecule has 3 N–H and O–H groups in total. The van der Waals surface area contributed by atoms with Crippen molar-refractivity contribution in [3.05, 3.63) is 11.9 Å². The largest absolute Gasteiger partial charge is 0.396 e. The van der Waals surface area contributed by atoms with Gasteiger partial charge in [0, 0.05) is 26.4 Å². The molecule has 0 bridgehead atoms. The van der Waals surface area contributed by atoms with Gasteiger partial charge in [0.15, 0.2) is 5.69 Å². The van der Waals surface area contributed by atoms with Crippen molar-refractivity contribution in [1.29, 1.82) is 0 Å². The van der Waals surface area contributed by atoms with Crippen LogP contribution in [0.1, 0.15) is 29.8 Å². The molecule has 0 spiro atoms. The van der Waals surface area contributed by atoms with E-state index in [-0.39, 0.29) is 12.0 Å². The molecule has 0 aliphatic carbocycles. The van der Waals surface area contributed by atoms with Crippen LogP contribution in [-0.2, 0) is 11.8 Å². The second-order valence-corrected chi connectivity index (χ2v) is 4.29. The fourth-order valence-electron chi connectivity index (χ4n) is 1.99. The predicted molar refractivity (Wildman–Crippen MR) is 63.5 cm³/mol. The minimum atomic E-state index is -0.221. The van der Waals surface area contributed by atoms with Crippen LogP contribution in [0.4, 0.5) is 5.69 Å². The third-order valence-electron chi connectivity index (χ3n) is 2.85. The number of aromatic nitrogens is 2. The Morgan fingerprint density at radius 2 is 2.59 bits per heavy atom. The molecule has 6 nitrogen and oxygen atoms in total. The Bertz CT molecular complexity index is 396. The fraction of sp³-hybridized carbons (Fsp3) is 0.636. The number of nitrogen functional groups attached to an aromatic ring is 1. The molecule has 1 aliphatic heterocycles. The number of ether oxygens (including phenoxy) is 1. The van der Waals surface area contributed by atoms with Crippen molar-refractivity contribution in [1.82, 2.24) is 15.1 Å². The lowest BCUT2D eigenvalue weighted by Crippen LogP contribution is -2.28.